The molecule has 2 heterocycles. The number of pyridine rings is 1. The number of benzene rings is 3. The van der Waals surface area contributed by atoms with Crippen molar-refractivity contribution in [2.24, 2.45) is 0 Å². The molecule has 1 atom stereocenters. The number of ether oxygens (including phenoxy) is 1. The first-order chi connectivity index (χ1) is 17.7. The highest BCUT2D eigenvalue weighted by molar-refractivity contribution is 5.86. The second kappa shape index (κ2) is 10.9. The Morgan fingerprint density at radius 2 is 1.61 bits per heavy atom. The zero-order valence-corrected chi connectivity index (χ0v) is 20.3. The molecule has 2 aromatic heterocycles. The Labute approximate surface area is 211 Å². The number of para-hydroxylation sites is 1. The Balaban J connectivity index is 1.49. The number of amides is 1. The van der Waals surface area contributed by atoms with Crippen molar-refractivity contribution in [3.8, 4) is 5.75 Å². The smallest absolute Gasteiger partial charge is 0.221 e. The number of aromatic nitrogens is 2. The summed E-state index contributed by atoms with van der Waals surface area (Å²) in [6.07, 6.45) is 6.03. The lowest BCUT2D eigenvalue weighted by Crippen LogP contribution is -2.25. The molecule has 180 valence electrons. The van der Waals surface area contributed by atoms with E-state index in [-0.39, 0.29) is 11.8 Å². The number of carbonyl (C=O) groups is 1. The van der Waals surface area contributed by atoms with Crippen LogP contribution in [-0.4, -0.2) is 22.6 Å². The molecule has 1 unspecified atom stereocenters. The van der Waals surface area contributed by atoms with E-state index in [1.54, 1.807) is 19.5 Å². The van der Waals surface area contributed by atoms with Crippen LogP contribution in [-0.2, 0) is 17.9 Å². The van der Waals surface area contributed by atoms with Gasteiger partial charge in [0, 0.05) is 54.9 Å². The molecule has 3 aromatic carbocycles. The van der Waals surface area contributed by atoms with Gasteiger partial charge in [0.1, 0.15) is 5.75 Å². The van der Waals surface area contributed by atoms with Crippen molar-refractivity contribution in [2.75, 3.05) is 7.11 Å². The van der Waals surface area contributed by atoms with E-state index in [2.05, 4.69) is 81.7 Å². The lowest BCUT2D eigenvalue weighted by atomic mass is 9.88. The summed E-state index contributed by atoms with van der Waals surface area (Å²) in [5, 5.41) is 4.25. The van der Waals surface area contributed by atoms with Crippen LogP contribution in [0.2, 0.25) is 0 Å². The van der Waals surface area contributed by atoms with Crippen LogP contribution < -0.4 is 10.1 Å². The molecular formula is C31H29N3O2. The quantitative estimate of drug-likeness (QED) is 0.287. The Morgan fingerprint density at radius 1 is 0.889 bits per heavy atom. The summed E-state index contributed by atoms with van der Waals surface area (Å²) in [6, 6.07) is 30.7. The highest BCUT2D eigenvalue weighted by atomic mass is 16.5. The van der Waals surface area contributed by atoms with Gasteiger partial charge in [-0.1, -0.05) is 60.7 Å². The molecule has 1 N–H and O–H groups in total. The highest BCUT2D eigenvalue weighted by Gasteiger charge is 2.23. The van der Waals surface area contributed by atoms with E-state index in [1.165, 1.54) is 5.56 Å². The van der Waals surface area contributed by atoms with Gasteiger partial charge in [-0.15, -0.1) is 0 Å². The maximum atomic E-state index is 13.2. The second-order valence-corrected chi connectivity index (χ2v) is 8.88. The molecule has 0 aliphatic rings. The van der Waals surface area contributed by atoms with Crippen LogP contribution in [0.4, 0.5) is 0 Å². The normalized spacial score (nSPS) is 11.8. The fraction of sp³-hybridized carbons (Fsp3) is 0.161. The molecule has 5 rings (SSSR count). The predicted molar refractivity (Wildman–Crippen MR) is 143 cm³/mol. The average molecular weight is 476 g/mol. The third-order valence-corrected chi connectivity index (χ3v) is 6.54. The van der Waals surface area contributed by atoms with Gasteiger partial charge in [-0.2, -0.15) is 0 Å². The Bertz CT molecular complexity index is 1430. The molecule has 0 spiro atoms. The van der Waals surface area contributed by atoms with Gasteiger partial charge in [0.15, 0.2) is 0 Å². The van der Waals surface area contributed by atoms with Crippen molar-refractivity contribution in [2.45, 2.75) is 25.4 Å². The summed E-state index contributed by atoms with van der Waals surface area (Å²) < 4.78 is 7.66. The second-order valence-electron chi connectivity index (χ2n) is 8.88. The molecule has 36 heavy (non-hydrogen) atoms. The zero-order valence-electron chi connectivity index (χ0n) is 20.3. The van der Waals surface area contributed by atoms with Gasteiger partial charge in [0.05, 0.1) is 7.11 Å². The molecule has 5 heteroatoms. The van der Waals surface area contributed by atoms with Gasteiger partial charge >= 0.3 is 0 Å². The van der Waals surface area contributed by atoms with Crippen molar-refractivity contribution in [3.05, 3.63) is 132 Å². The fourth-order valence-corrected chi connectivity index (χ4v) is 4.67. The number of nitrogens with zero attached hydrogens (tertiary/aromatic N) is 2. The van der Waals surface area contributed by atoms with E-state index in [1.807, 2.05) is 30.3 Å². The number of hydrogen-bond acceptors (Lipinski definition) is 3. The standard InChI is InChI=1S/C31H29N3O2/c1-36-26-13-11-25(12-14-26)28(19-31(35)33-20-23-15-17-32-18-16-23)29-22-34(21-24-7-3-2-4-8-24)30-10-6-5-9-27(29)30/h2-18,22,28H,19-21H2,1H3,(H,33,35). The fourth-order valence-electron chi connectivity index (χ4n) is 4.67. The minimum Gasteiger partial charge on any atom is -0.497 e. The topological polar surface area (TPSA) is 56.1 Å². The number of nitrogens with one attached hydrogen (secondary N) is 1. The molecule has 0 saturated heterocycles. The first kappa shape index (κ1) is 23.4. The van der Waals surface area contributed by atoms with Crippen LogP contribution in [0.15, 0.2) is 110 Å². The Morgan fingerprint density at radius 3 is 2.36 bits per heavy atom. The first-order valence-corrected chi connectivity index (χ1v) is 12.1. The Hall–Kier alpha value is -4.38. The molecule has 0 bridgehead atoms. The van der Waals surface area contributed by atoms with Crippen LogP contribution in [0.5, 0.6) is 5.75 Å². The van der Waals surface area contributed by atoms with E-state index in [0.29, 0.717) is 13.0 Å². The summed E-state index contributed by atoms with van der Waals surface area (Å²) >= 11 is 0. The van der Waals surface area contributed by atoms with E-state index in [4.69, 9.17) is 4.74 Å². The minimum absolute atomic E-state index is 0.00696. The lowest BCUT2D eigenvalue weighted by molar-refractivity contribution is -0.121. The van der Waals surface area contributed by atoms with Gasteiger partial charge < -0.3 is 14.6 Å². The first-order valence-electron chi connectivity index (χ1n) is 12.1. The van der Waals surface area contributed by atoms with Crippen LogP contribution in [0.1, 0.15) is 34.6 Å². The molecule has 0 radical (unpaired) electrons. The van der Waals surface area contributed by atoms with Gasteiger partial charge in [-0.05, 0) is 52.6 Å². The largest absolute Gasteiger partial charge is 0.497 e. The molecule has 5 aromatic rings. The maximum absolute atomic E-state index is 13.2. The van der Waals surface area contributed by atoms with E-state index in [9.17, 15) is 4.79 Å². The Kier molecular flexibility index (Phi) is 7.08. The third kappa shape index (κ3) is 5.31. The molecule has 0 aliphatic heterocycles. The number of fused-ring (bicyclic) bond motifs is 1. The molecule has 0 fully saturated rings. The summed E-state index contributed by atoms with van der Waals surface area (Å²) in [5.41, 5.74) is 5.65. The summed E-state index contributed by atoms with van der Waals surface area (Å²) in [7, 11) is 1.66. The third-order valence-electron chi connectivity index (χ3n) is 6.54. The van der Waals surface area contributed by atoms with Gasteiger partial charge in [0.2, 0.25) is 5.91 Å². The monoisotopic (exact) mass is 475 g/mol. The number of hydrogen-bond donors (Lipinski definition) is 1. The van der Waals surface area contributed by atoms with Crippen molar-refractivity contribution in [1.82, 2.24) is 14.9 Å². The predicted octanol–water partition coefficient (Wildman–Crippen LogP) is 5.93. The van der Waals surface area contributed by atoms with E-state index >= 15 is 0 Å². The maximum Gasteiger partial charge on any atom is 0.221 e. The summed E-state index contributed by atoms with van der Waals surface area (Å²) in [4.78, 5) is 17.2. The number of carbonyl (C=O) groups excluding carboxylic acids is 1. The number of methoxy groups -OCH3 is 1. The highest BCUT2D eigenvalue weighted by Crippen LogP contribution is 2.35. The summed E-state index contributed by atoms with van der Waals surface area (Å²) in [5.74, 6) is 0.703. The van der Waals surface area contributed by atoms with Crippen LogP contribution in [0.25, 0.3) is 10.9 Å². The van der Waals surface area contributed by atoms with Crippen molar-refractivity contribution in [1.29, 1.82) is 0 Å². The van der Waals surface area contributed by atoms with Crippen molar-refractivity contribution >= 4 is 16.8 Å². The molecule has 0 saturated carbocycles. The molecule has 5 nitrogen and oxygen atoms in total. The van der Waals surface area contributed by atoms with Crippen LogP contribution in [0.3, 0.4) is 0 Å². The lowest BCUT2D eigenvalue weighted by Gasteiger charge is -2.18. The van der Waals surface area contributed by atoms with E-state index in [0.717, 1.165) is 39.9 Å². The number of rotatable bonds is 9. The van der Waals surface area contributed by atoms with Crippen LogP contribution in [0, 0.1) is 0 Å². The summed E-state index contributed by atoms with van der Waals surface area (Å²) in [6.45, 7) is 1.25. The van der Waals surface area contributed by atoms with Crippen LogP contribution >= 0.6 is 0 Å². The van der Waals surface area contributed by atoms with Gasteiger partial charge in [-0.3, -0.25) is 9.78 Å². The van der Waals surface area contributed by atoms with Gasteiger partial charge in [0.25, 0.3) is 0 Å². The minimum atomic E-state index is -0.102. The SMILES string of the molecule is COc1ccc(C(CC(=O)NCc2ccncc2)c2cn(Cc3ccccc3)c3ccccc23)cc1. The van der Waals surface area contributed by atoms with Crippen molar-refractivity contribution < 1.29 is 9.53 Å². The average Bonchev–Trinajstić information content (AvgIpc) is 3.30. The molecular weight excluding hydrogens is 446 g/mol. The van der Waals surface area contributed by atoms with E-state index < -0.39 is 0 Å². The van der Waals surface area contributed by atoms with Gasteiger partial charge in [-0.25, -0.2) is 0 Å². The molecule has 1 amide bonds. The van der Waals surface area contributed by atoms with Crippen molar-refractivity contribution in [3.63, 3.8) is 0 Å². The zero-order chi connectivity index (χ0) is 24.7. The molecule has 0 aliphatic carbocycles.